The van der Waals surface area contributed by atoms with Gasteiger partial charge in [0.2, 0.25) is 0 Å². The summed E-state index contributed by atoms with van der Waals surface area (Å²) in [6, 6.07) is 9.87. The number of hydrogen-bond acceptors (Lipinski definition) is 5. The van der Waals surface area contributed by atoms with Crippen LogP contribution in [0.5, 0.6) is 0 Å². The van der Waals surface area contributed by atoms with Crippen LogP contribution in [-0.2, 0) is 4.74 Å². The first-order valence-corrected chi connectivity index (χ1v) is 11.1. The first-order chi connectivity index (χ1) is 14.2. The number of halogens is 1. The van der Waals surface area contributed by atoms with Gasteiger partial charge in [-0.2, -0.15) is 4.31 Å². The number of ether oxygens (including phenoxy) is 1. The van der Waals surface area contributed by atoms with Crippen LogP contribution in [0.2, 0.25) is 0 Å². The van der Waals surface area contributed by atoms with Crippen molar-refractivity contribution >= 4 is 27.8 Å². The second-order valence-corrected chi connectivity index (χ2v) is 10.1. The molecule has 2 aromatic carbocycles. The van der Waals surface area contributed by atoms with Gasteiger partial charge in [-0.3, -0.25) is 9.11 Å². The zero-order valence-corrected chi connectivity index (χ0v) is 17.3. The molecule has 0 saturated carbocycles. The Labute approximate surface area is 174 Å². The molecule has 1 amide bonds. The molecule has 9 heteroatoms. The van der Waals surface area contributed by atoms with Crippen molar-refractivity contribution in [3.8, 4) is 11.1 Å². The van der Waals surface area contributed by atoms with Gasteiger partial charge in [0.25, 0.3) is 0 Å². The summed E-state index contributed by atoms with van der Waals surface area (Å²) in [5, 5.41) is 3.65. The highest BCUT2D eigenvalue weighted by atomic mass is 32.3. The highest BCUT2D eigenvalue weighted by Gasteiger charge is 2.46. The van der Waals surface area contributed by atoms with Crippen LogP contribution in [0.3, 0.4) is 0 Å². The lowest BCUT2D eigenvalue weighted by atomic mass is 9.98. The third-order valence-corrected chi connectivity index (χ3v) is 7.96. The van der Waals surface area contributed by atoms with E-state index in [0.29, 0.717) is 10.4 Å². The van der Waals surface area contributed by atoms with E-state index in [2.05, 4.69) is 10.3 Å². The van der Waals surface area contributed by atoms with Gasteiger partial charge in [0.05, 0.1) is 16.5 Å². The number of nitrogens with one attached hydrogen (secondary N) is 2. The molecule has 2 unspecified atom stereocenters. The van der Waals surface area contributed by atoms with Crippen LogP contribution in [-0.4, -0.2) is 43.2 Å². The minimum absolute atomic E-state index is 0.165. The fourth-order valence-corrected chi connectivity index (χ4v) is 6.40. The Bertz CT molecular complexity index is 1180. The zero-order chi connectivity index (χ0) is 21.3. The van der Waals surface area contributed by atoms with E-state index in [1.807, 2.05) is 32.2 Å². The van der Waals surface area contributed by atoms with Gasteiger partial charge in [-0.1, -0.05) is 6.07 Å². The van der Waals surface area contributed by atoms with Crippen molar-refractivity contribution in [3.05, 3.63) is 54.0 Å². The molecule has 1 aromatic heterocycles. The minimum Gasteiger partial charge on any atom is -0.447 e. The minimum atomic E-state index is -3.20. The maximum atomic E-state index is 13.5. The third kappa shape index (κ3) is 2.89. The van der Waals surface area contributed by atoms with Gasteiger partial charge in [-0.05, 0) is 55.3 Å². The lowest BCUT2D eigenvalue weighted by Gasteiger charge is -2.42. The maximum absolute atomic E-state index is 13.5. The van der Waals surface area contributed by atoms with Crippen molar-refractivity contribution in [2.45, 2.75) is 30.3 Å². The number of nitrogens with zero attached hydrogens (tertiary/aromatic N) is 1. The number of aromatic nitrogens is 1. The molecule has 2 aliphatic rings. The smallest absolute Gasteiger partial charge is 0.407 e. The molecule has 2 atom stereocenters. The normalized spacial score (nSPS) is 26.4. The number of carbonyl (C=O) groups is 1. The van der Waals surface area contributed by atoms with E-state index in [0.717, 1.165) is 22.1 Å². The second kappa shape index (κ2) is 6.45. The van der Waals surface area contributed by atoms with Crippen LogP contribution >= 0.6 is 10.8 Å². The van der Waals surface area contributed by atoms with Crippen molar-refractivity contribution in [1.29, 1.82) is 0 Å². The molecule has 158 valence electrons. The molecule has 1 fully saturated rings. The number of rotatable bonds is 3. The molecule has 5 rings (SSSR count). The average Bonchev–Trinajstić information content (AvgIpc) is 3.32. The van der Waals surface area contributed by atoms with Crippen LogP contribution in [0.25, 0.3) is 22.0 Å². The lowest BCUT2D eigenvalue weighted by molar-refractivity contribution is 0.168. The van der Waals surface area contributed by atoms with Gasteiger partial charge in [0.15, 0.2) is 0 Å². The van der Waals surface area contributed by atoms with E-state index in [9.17, 15) is 18.3 Å². The van der Waals surface area contributed by atoms with E-state index in [1.54, 1.807) is 16.4 Å². The Morgan fingerprint density at radius 3 is 2.83 bits per heavy atom. The number of carbonyl (C=O) groups excluding carboxylic acids is 1. The summed E-state index contributed by atoms with van der Waals surface area (Å²) in [5.41, 5.74) is 2.63. The van der Waals surface area contributed by atoms with Gasteiger partial charge >= 0.3 is 6.09 Å². The molecule has 1 saturated heterocycles. The van der Waals surface area contributed by atoms with Crippen LogP contribution in [0.4, 0.5) is 9.18 Å². The van der Waals surface area contributed by atoms with Gasteiger partial charge in [-0.25, -0.2) is 9.18 Å². The van der Waals surface area contributed by atoms with E-state index in [1.165, 1.54) is 12.1 Å². The predicted molar refractivity (Wildman–Crippen MR) is 113 cm³/mol. The highest BCUT2D eigenvalue weighted by molar-refractivity contribution is 8.22. The summed E-state index contributed by atoms with van der Waals surface area (Å²) in [4.78, 5) is 15.1. The van der Waals surface area contributed by atoms with E-state index in [4.69, 9.17) is 4.74 Å². The molecular formula is C21H22FN3O4S. The Balaban J connectivity index is 1.52. The Kier molecular flexibility index (Phi) is 4.17. The maximum Gasteiger partial charge on any atom is 0.407 e. The number of benzene rings is 2. The SMILES string of the molecule is CC1c2cc(-c3c[nH]c4cc(F)ccc34)ccc2S(O)(O)N1CC1(C)COC(=O)N1. The first kappa shape index (κ1) is 19.4. The van der Waals surface area contributed by atoms with E-state index >= 15 is 0 Å². The van der Waals surface area contributed by atoms with E-state index in [-0.39, 0.29) is 25.0 Å². The molecule has 2 aliphatic heterocycles. The molecule has 7 nitrogen and oxygen atoms in total. The number of cyclic esters (lactones) is 1. The lowest BCUT2D eigenvalue weighted by Crippen LogP contribution is -2.50. The number of aromatic amines is 1. The monoisotopic (exact) mass is 431 g/mol. The van der Waals surface area contributed by atoms with Gasteiger partial charge in [0, 0.05) is 29.2 Å². The van der Waals surface area contributed by atoms with Gasteiger partial charge in [-0.15, -0.1) is 10.8 Å². The van der Waals surface area contributed by atoms with Gasteiger partial charge in [0.1, 0.15) is 12.4 Å². The molecule has 4 N–H and O–H groups in total. The number of fused-ring (bicyclic) bond motifs is 2. The molecule has 0 aliphatic carbocycles. The number of alkyl carbamates (subject to hydrolysis) is 1. The standard InChI is InChI=1S/C21H22FN3O4S/c1-12-16-7-13(17-9-23-18-8-14(22)4-5-15(17)18)3-6-19(16)30(27,28)25(12)10-21(2)11-29-20(26)24-21/h3-9,12,23,27-28H,10-11H2,1-2H3,(H,24,26). The molecule has 3 aromatic rings. The second-order valence-electron chi connectivity index (χ2n) is 8.18. The summed E-state index contributed by atoms with van der Waals surface area (Å²) in [6.45, 7) is 4.13. The fraction of sp³-hybridized carbons (Fsp3) is 0.286. The fourth-order valence-electron chi connectivity index (χ4n) is 4.33. The largest absolute Gasteiger partial charge is 0.447 e. The van der Waals surface area contributed by atoms with E-state index < -0.39 is 22.4 Å². The molecular weight excluding hydrogens is 409 g/mol. The Hall–Kier alpha value is -2.59. The summed E-state index contributed by atoms with van der Waals surface area (Å²) in [7, 11) is -3.20. The average molecular weight is 431 g/mol. The van der Waals surface area contributed by atoms with Crippen molar-refractivity contribution in [2.24, 2.45) is 0 Å². The highest BCUT2D eigenvalue weighted by Crippen LogP contribution is 2.63. The van der Waals surface area contributed by atoms with Crippen LogP contribution in [0, 0.1) is 5.82 Å². The van der Waals surface area contributed by atoms with Crippen LogP contribution < -0.4 is 5.32 Å². The molecule has 0 bridgehead atoms. The number of hydrogen-bond donors (Lipinski definition) is 4. The topological polar surface area (TPSA) is 97.8 Å². The summed E-state index contributed by atoms with van der Waals surface area (Å²) in [5.74, 6) is -0.306. The van der Waals surface area contributed by atoms with Gasteiger partial charge < -0.3 is 15.0 Å². The van der Waals surface area contributed by atoms with Crippen molar-refractivity contribution < 1.29 is 23.0 Å². The Morgan fingerprint density at radius 2 is 2.10 bits per heavy atom. The van der Waals surface area contributed by atoms with Crippen LogP contribution in [0.15, 0.2) is 47.5 Å². The summed E-state index contributed by atoms with van der Waals surface area (Å²) >= 11 is 0. The van der Waals surface area contributed by atoms with Crippen molar-refractivity contribution in [2.75, 3.05) is 13.2 Å². The molecule has 30 heavy (non-hydrogen) atoms. The van der Waals surface area contributed by atoms with Crippen LogP contribution in [0.1, 0.15) is 25.5 Å². The zero-order valence-electron chi connectivity index (χ0n) is 16.5. The first-order valence-electron chi connectivity index (χ1n) is 9.59. The Morgan fingerprint density at radius 1 is 1.30 bits per heavy atom. The molecule has 0 radical (unpaired) electrons. The summed E-state index contributed by atoms with van der Waals surface area (Å²) in [6.07, 6.45) is 1.32. The number of amides is 1. The third-order valence-electron chi connectivity index (χ3n) is 5.90. The predicted octanol–water partition coefficient (Wildman–Crippen LogP) is 4.87. The molecule has 0 spiro atoms. The molecule has 3 heterocycles. The quantitative estimate of drug-likeness (QED) is 0.474. The summed E-state index contributed by atoms with van der Waals surface area (Å²) < 4.78 is 42.2. The number of H-pyrrole nitrogens is 1. The van der Waals surface area contributed by atoms with Crippen molar-refractivity contribution in [3.63, 3.8) is 0 Å². The van der Waals surface area contributed by atoms with Crippen molar-refractivity contribution in [1.82, 2.24) is 14.6 Å².